The molecule has 0 unspecified atom stereocenters. The van der Waals surface area contributed by atoms with Crippen LogP contribution >= 0.6 is 0 Å². The van der Waals surface area contributed by atoms with Crippen molar-refractivity contribution in [3.63, 3.8) is 0 Å². The average Bonchev–Trinajstić information content (AvgIpc) is 2.85. The normalized spacial score (nSPS) is 10.8. The lowest BCUT2D eigenvalue weighted by Crippen LogP contribution is -2.26. The first-order chi connectivity index (χ1) is 10.0. The van der Waals surface area contributed by atoms with Crippen LogP contribution in [0.4, 0.5) is 5.69 Å². The number of pyridine rings is 1. The number of rotatable bonds is 2. The van der Waals surface area contributed by atoms with E-state index in [-0.39, 0.29) is 5.56 Å². The third kappa shape index (κ3) is 2.40. The SMILES string of the molecule is Cc1ccc2ncc(C(=O)Nc3cnn(C)c3)c(=O)n2c1. The molecule has 0 atom stereocenters. The molecule has 1 amide bonds. The van der Waals surface area contributed by atoms with E-state index in [1.807, 2.05) is 13.0 Å². The number of nitrogens with zero attached hydrogens (tertiary/aromatic N) is 4. The molecule has 0 radical (unpaired) electrons. The Morgan fingerprint density at radius 1 is 1.24 bits per heavy atom. The van der Waals surface area contributed by atoms with Crippen LogP contribution in [0.3, 0.4) is 0 Å². The lowest BCUT2D eigenvalue weighted by Gasteiger charge is -2.05. The fraction of sp³-hybridized carbons (Fsp3) is 0.143. The second-order valence-corrected chi connectivity index (χ2v) is 4.77. The topological polar surface area (TPSA) is 81.3 Å². The summed E-state index contributed by atoms with van der Waals surface area (Å²) in [5.41, 5.74) is 1.53. The van der Waals surface area contributed by atoms with Crippen molar-refractivity contribution in [3.05, 3.63) is 58.4 Å². The van der Waals surface area contributed by atoms with Gasteiger partial charge in [0.15, 0.2) is 0 Å². The second kappa shape index (κ2) is 4.86. The highest BCUT2D eigenvalue weighted by Gasteiger charge is 2.14. The molecule has 3 aromatic heterocycles. The molecule has 3 heterocycles. The van der Waals surface area contributed by atoms with E-state index in [1.165, 1.54) is 16.8 Å². The number of carbonyl (C=O) groups is 1. The number of amides is 1. The summed E-state index contributed by atoms with van der Waals surface area (Å²) < 4.78 is 2.93. The zero-order valence-electron chi connectivity index (χ0n) is 11.6. The van der Waals surface area contributed by atoms with Crippen LogP contribution in [0.1, 0.15) is 15.9 Å². The Kier molecular flexibility index (Phi) is 3.02. The molecule has 0 spiro atoms. The summed E-state index contributed by atoms with van der Waals surface area (Å²) in [6.45, 7) is 1.87. The van der Waals surface area contributed by atoms with Gasteiger partial charge in [0.05, 0.1) is 11.9 Å². The molecule has 21 heavy (non-hydrogen) atoms. The standard InChI is InChI=1S/C14H13N5O2/c1-9-3-4-12-15-6-11(14(21)19(12)7-9)13(20)17-10-5-16-18(2)8-10/h3-8H,1-2H3,(H,17,20). The van der Waals surface area contributed by atoms with E-state index in [0.29, 0.717) is 11.3 Å². The van der Waals surface area contributed by atoms with E-state index in [2.05, 4.69) is 15.4 Å². The van der Waals surface area contributed by atoms with Crippen molar-refractivity contribution in [1.29, 1.82) is 0 Å². The van der Waals surface area contributed by atoms with Gasteiger partial charge in [0.25, 0.3) is 11.5 Å². The summed E-state index contributed by atoms with van der Waals surface area (Å²) in [6, 6.07) is 3.59. The Morgan fingerprint density at radius 2 is 2.05 bits per heavy atom. The number of fused-ring (bicyclic) bond motifs is 1. The van der Waals surface area contributed by atoms with E-state index in [4.69, 9.17) is 0 Å². The van der Waals surface area contributed by atoms with Crippen LogP contribution in [-0.4, -0.2) is 25.1 Å². The molecule has 7 heteroatoms. The van der Waals surface area contributed by atoms with Gasteiger partial charge >= 0.3 is 0 Å². The van der Waals surface area contributed by atoms with Gasteiger partial charge in [0.1, 0.15) is 11.2 Å². The summed E-state index contributed by atoms with van der Waals surface area (Å²) in [6.07, 6.45) is 6.10. The Balaban J connectivity index is 2.02. The number of carbonyl (C=O) groups excluding carboxylic acids is 1. The van der Waals surface area contributed by atoms with Gasteiger partial charge < -0.3 is 5.32 Å². The highest BCUT2D eigenvalue weighted by Crippen LogP contribution is 2.06. The van der Waals surface area contributed by atoms with E-state index in [0.717, 1.165) is 5.56 Å². The van der Waals surface area contributed by atoms with Crippen molar-refractivity contribution >= 4 is 17.2 Å². The maximum absolute atomic E-state index is 12.4. The van der Waals surface area contributed by atoms with Crippen LogP contribution < -0.4 is 10.9 Å². The van der Waals surface area contributed by atoms with E-state index in [1.54, 1.807) is 30.2 Å². The molecule has 1 N–H and O–H groups in total. The lowest BCUT2D eigenvalue weighted by atomic mass is 10.2. The first-order valence-corrected chi connectivity index (χ1v) is 6.32. The predicted octanol–water partition coefficient (Wildman–Crippen LogP) is 0.989. The molecule has 3 rings (SSSR count). The number of aryl methyl sites for hydroxylation is 2. The van der Waals surface area contributed by atoms with Gasteiger partial charge in [0.2, 0.25) is 0 Å². The van der Waals surface area contributed by atoms with Gasteiger partial charge in [-0.25, -0.2) is 4.98 Å². The van der Waals surface area contributed by atoms with Crippen LogP contribution in [0.25, 0.3) is 5.65 Å². The molecular formula is C14H13N5O2. The predicted molar refractivity (Wildman–Crippen MR) is 77.4 cm³/mol. The molecule has 0 saturated carbocycles. The molecule has 0 aliphatic rings. The van der Waals surface area contributed by atoms with Crippen molar-refractivity contribution in [2.75, 3.05) is 5.32 Å². The minimum Gasteiger partial charge on any atom is -0.319 e. The summed E-state index contributed by atoms with van der Waals surface area (Å²) in [5.74, 6) is -0.503. The van der Waals surface area contributed by atoms with Crippen molar-refractivity contribution < 1.29 is 4.79 Å². The Labute approximate surface area is 119 Å². The summed E-state index contributed by atoms with van der Waals surface area (Å²) in [5, 5.41) is 6.57. The molecule has 0 aliphatic carbocycles. The molecule has 7 nitrogen and oxygen atoms in total. The maximum Gasteiger partial charge on any atom is 0.270 e. The van der Waals surface area contributed by atoms with E-state index >= 15 is 0 Å². The Morgan fingerprint density at radius 3 is 2.76 bits per heavy atom. The molecule has 0 bridgehead atoms. The molecule has 0 aromatic carbocycles. The van der Waals surface area contributed by atoms with Gasteiger partial charge in [-0.05, 0) is 18.6 Å². The van der Waals surface area contributed by atoms with Gasteiger partial charge in [-0.2, -0.15) is 5.10 Å². The Hall–Kier alpha value is -2.96. The average molecular weight is 283 g/mol. The minimum atomic E-state index is -0.503. The van der Waals surface area contributed by atoms with Crippen LogP contribution in [0.5, 0.6) is 0 Å². The molecule has 0 aliphatic heterocycles. The van der Waals surface area contributed by atoms with Gasteiger partial charge in [-0.3, -0.25) is 18.7 Å². The number of nitrogens with one attached hydrogen (secondary N) is 1. The lowest BCUT2D eigenvalue weighted by molar-refractivity contribution is 0.102. The highest BCUT2D eigenvalue weighted by molar-refractivity contribution is 6.03. The van der Waals surface area contributed by atoms with Crippen molar-refractivity contribution in [2.24, 2.45) is 7.05 Å². The van der Waals surface area contributed by atoms with Crippen LogP contribution in [0.2, 0.25) is 0 Å². The smallest absolute Gasteiger partial charge is 0.270 e. The number of aromatic nitrogens is 4. The summed E-state index contributed by atoms with van der Waals surface area (Å²) in [4.78, 5) is 28.7. The molecule has 0 fully saturated rings. The van der Waals surface area contributed by atoms with E-state index < -0.39 is 11.5 Å². The van der Waals surface area contributed by atoms with E-state index in [9.17, 15) is 9.59 Å². The second-order valence-electron chi connectivity index (χ2n) is 4.77. The first kappa shape index (κ1) is 13.0. The van der Waals surface area contributed by atoms with Gasteiger partial charge in [-0.15, -0.1) is 0 Å². The summed E-state index contributed by atoms with van der Waals surface area (Å²) in [7, 11) is 1.74. The zero-order valence-corrected chi connectivity index (χ0v) is 11.6. The fourth-order valence-electron chi connectivity index (χ4n) is 2.02. The maximum atomic E-state index is 12.4. The number of hydrogen-bond acceptors (Lipinski definition) is 4. The van der Waals surface area contributed by atoms with Crippen molar-refractivity contribution in [1.82, 2.24) is 19.2 Å². The van der Waals surface area contributed by atoms with Crippen LogP contribution in [0.15, 0.2) is 41.7 Å². The van der Waals surface area contributed by atoms with Crippen LogP contribution in [0, 0.1) is 6.92 Å². The largest absolute Gasteiger partial charge is 0.319 e. The Bertz CT molecular complexity index is 894. The molecule has 106 valence electrons. The number of hydrogen-bond donors (Lipinski definition) is 1. The monoisotopic (exact) mass is 283 g/mol. The molecule has 3 aromatic rings. The summed E-state index contributed by atoms with van der Waals surface area (Å²) >= 11 is 0. The van der Waals surface area contributed by atoms with Crippen molar-refractivity contribution in [2.45, 2.75) is 6.92 Å². The minimum absolute atomic E-state index is 0.0121. The van der Waals surface area contributed by atoms with Gasteiger partial charge in [-0.1, -0.05) is 6.07 Å². The zero-order chi connectivity index (χ0) is 15.0. The quantitative estimate of drug-likeness (QED) is 0.760. The third-order valence-corrected chi connectivity index (χ3v) is 3.06. The third-order valence-electron chi connectivity index (χ3n) is 3.06. The highest BCUT2D eigenvalue weighted by atomic mass is 16.2. The van der Waals surface area contributed by atoms with Gasteiger partial charge in [0, 0.05) is 25.6 Å². The van der Waals surface area contributed by atoms with Crippen LogP contribution in [-0.2, 0) is 7.05 Å². The fourth-order valence-corrected chi connectivity index (χ4v) is 2.02. The first-order valence-electron chi connectivity index (χ1n) is 6.32. The van der Waals surface area contributed by atoms with Crippen molar-refractivity contribution in [3.8, 4) is 0 Å². The number of anilines is 1. The molecule has 0 saturated heterocycles. The molecular weight excluding hydrogens is 270 g/mol.